The van der Waals surface area contributed by atoms with Crippen molar-refractivity contribution >= 4 is 17.3 Å². The Kier molecular flexibility index (Phi) is 4.85. The highest BCUT2D eigenvalue weighted by atomic mass is 16.5. The summed E-state index contributed by atoms with van der Waals surface area (Å²) in [6.07, 6.45) is 2.06. The molecule has 1 saturated heterocycles. The standard InChI is InChI=1S/C16H25N3O2/c1-12(19-10-6-9-16(2,11-19)21-3)15(20)18-14-8-5-4-7-13(14)17/h4-5,7-8,12H,6,9-11,17H2,1-3H3,(H,18,20). The minimum Gasteiger partial charge on any atom is -0.397 e. The molecule has 21 heavy (non-hydrogen) atoms. The van der Waals surface area contributed by atoms with Crippen LogP contribution < -0.4 is 11.1 Å². The maximum absolute atomic E-state index is 12.4. The van der Waals surface area contributed by atoms with Crippen LogP contribution >= 0.6 is 0 Å². The van der Waals surface area contributed by atoms with E-state index in [-0.39, 0.29) is 17.6 Å². The van der Waals surface area contributed by atoms with Crippen molar-refractivity contribution in [3.05, 3.63) is 24.3 Å². The minimum atomic E-state index is -0.209. The molecule has 1 aromatic carbocycles. The van der Waals surface area contributed by atoms with Crippen LogP contribution in [0.15, 0.2) is 24.3 Å². The van der Waals surface area contributed by atoms with E-state index in [1.165, 1.54) is 0 Å². The molecule has 116 valence electrons. The third-order valence-electron chi connectivity index (χ3n) is 4.33. The van der Waals surface area contributed by atoms with Gasteiger partial charge >= 0.3 is 0 Å². The van der Waals surface area contributed by atoms with Crippen molar-refractivity contribution in [2.45, 2.75) is 38.3 Å². The van der Waals surface area contributed by atoms with Gasteiger partial charge in [-0.2, -0.15) is 0 Å². The molecule has 1 aliphatic heterocycles. The number of carbonyl (C=O) groups excluding carboxylic acids is 1. The third-order valence-corrected chi connectivity index (χ3v) is 4.33. The summed E-state index contributed by atoms with van der Waals surface area (Å²) in [5.74, 6) is -0.0340. The van der Waals surface area contributed by atoms with Crippen molar-refractivity contribution < 1.29 is 9.53 Å². The van der Waals surface area contributed by atoms with Crippen molar-refractivity contribution in [2.75, 3.05) is 31.2 Å². The predicted octanol–water partition coefficient (Wildman–Crippen LogP) is 2.10. The Morgan fingerprint density at radius 2 is 2.19 bits per heavy atom. The summed E-state index contributed by atoms with van der Waals surface area (Å²) in [7, 11) is 1.74. The van der Waals surface area contributed by atoms with Gasteiger partial charge < -0.3 is 15.8 Å². The van der Waals surface area contributed by atoms with Crippen LogP contribution in [0.25, 0.3) is 0 Å². The monoisotopic (exact) mass is 291 g/mol. The zero-order valence-corrected chi connectivity index (χ0v) is 13.1. The van der Waals surface area contributed by atoms with E-state index in [2.05, 4.69) is 17.1 Å². The highest BCUT2D eigenvalue weighted by Crippen LogP contribution is 2.26. The van der Waals surface area contributed by atoms with Gasteiger partial charge in [0.2, 0.25) is 5.91 Å². The number of methoxy groups -OCH3 is 1. The number of nitrogens with two attached hydrogens (primary N) is 1. The van der Waals surface area contributed by atoms with Gasteiger partial charge in [-0.05, 0) is 45.4 Å². The second kappa shape index (κ2) is 6.45. The fraction of sp³-hybridized carbons (Fsp3) is 0.562. The summed E-state index contributed by atoms with van der Waals surface area (Å²) in [5, 5.41) is 2.91. The van der Waals surface area contributed by atoms with Crippen LogP contribution in [0.3, 0.4) is 0 Å². The van der Waals surface area contributed by atoms with Gasteiger partial charge in [-0.15, -0.1) is 0 Å². The van der Waals surface area contributed by atoms with Gasteiger partial charge in [-0.25, -0.2) is 0 Å². The first-order chi connectivity index (χ1) is 9.95. The summed E-state index contributed by atoms with van der Waals surface area (Å²) in [6.45, 7) is 5.70. The number of ether oxygens (including phenoxy) is 1. The minimum absolute atomic E-state index is 0.0340. The fourth-order valence-corrected chi connectivity index (χ4v) is 2.75. The van der Waals surface area contributed by atoms with E-state index in [4.69, 9.17) is 10.5 Å². The molecule has 0 radical (unpaired) electrons. The molecule has 5 heteroatoms. The van der Waals surface area contributed by atoms with Gasteiger partial charge in [0.1, 0.15) is 0 Å². The molecule has 5 nitrogen and oxygen atoms in total. The van der Waals surface area contributed by atoms with Crippen molar-refractivity contribution in [3.63, 3.8) is 0 Å². The molecule has 3 N–H and O–H groups in total. The Hall–Kier alpha value is -1.59. The van der Waals surface area contributed by atoms with Crippen LogP contribution in [0.2, 0.25) is 0 Å². The normalized spacial score (nSPS) is 24.5. The molecule has 1 amide bonds. The summed E-state index contributed by atoms with van der Waals surface area (Å²) < 4.78 is 5.58. The van der Waals surface area contributed by atoms with E-state index >= 15 is 0 Å². The molecule has 1 heterocycles. The number of hydrogen-bond acceptors (Lipinski definition) is 4. The summed E-state index contributed by atoms with van der Waals surface area (Å²) >= 11 is 0. The number of nitrogen functional groups attached to an aromatic ring is 1. The second-order valence-electron chi connectivity index (χ2n) is 5.98. The molecule has 1 aromatic rings. The van der Waals surface area contributed by atoms with E-state index in [1.807, 2.05) is 25.1 Å². The predicted molar refractivity (Wildman–Crippen MR) is 85.2 cm³/mol. The zero-order chi connectivity index (χ0) is 15.5. The first-order valence-corrected chi connectivity index (χ1v) is 7.40. The van der Waals surface area contributed by atoms with Crippen molar-refractivity contribution in [1.82, 2.24) is 4.90 Å². The van der Waals surface area contributed by atoms with E-state index in [0.29, 0.717) is 11.4 Å². The summed E-state index contributed by atoms with van der Waals surface area (Å²) in [5.41, 5.74) is 6.94. The molecule has 0 bridgehead atoms. The number of piperidine rings is 1. The molecule has 2 unspecified atom stereocenters. The second-order valence-corrected chi connectivity index (χ2v) is 5.98. The number of para-hydroxylation sites is 2. The largest absolute Gasteiger partial charge is 0.397 e. The van der Waals surface area contributed by atoms with Crippen LogP contribution in [0.5, 0.6) is 0 Å². The lowest BCUT2D eigenvalue weighted by Crippen LogP contribution is -2.53. The van der Waals surface area contributed by atoms with Gasteiger partial charge in [0.05, 0.1) is 23.0 Å². The van der Waals surface area contributed by atoms with E-state index in [1.54, 1.807) is 13.2 Å². The molecular weight excluding hydrogens is 266 g/mol. The number of benzene rings is 1. The van der Waals surface area contributed by atoms with Crippen LogP contribution in [0, 0.1) is 0 Å². The van der Waals surface area contributed by atoms with Crippen molar-refractivity contribution in [1.29, 1.82) is 0 Å². The maximum atomic E-state index is 12.4. The number of rotatable bonds is 4. The van der Waals surface area contributed by atoms with Gasteiger partial charge in [-0.1, -0.05) is 12.1 Å². The van der Waals surface area contributed by atoms with E-state index < -0.39 is 0 Å². The highest BCUT2D eigenvalue weighted by molar-refractivity contribution is 5.97. The average Bonchev–Trinajstić information content (AvgIpc) is 2.49. The zero-order valence-electron chi connectivity index (χ0n) is 13.1. The number of nitrogens with one attached hydrogen (secondary N) is 1. The summed E-state index contributed by atoms with van der Waals surface area (Å²) in [6, 6.07) is 7.10. The van der Waals surface area contributed by atoms with Crippen molar-refractivity contribution in [3.8, 4) is 0 Å². The number of hydrogen-bond donors (Lipinski definition) is 2. The Balaban J connectivity index is 2.01. The van der Waals surface area contributed by atoms with Gasteiger partial charge in [0.25, 0.3) is 0 Å². The maximum Gasteiger partial charge on any atom is 0.241 e. The highest BCUT2D eigenvalue weighted by Gasteiger charge is 2.34. The lowest BCUT2D eigenvalue weighted by Gasteiger charge is -2.41. The Morgan fingerprint density at radius 1 is 1.48 bits per heavy atom. The molecule has 1 fully saturated rings. The third kappa shape index (κ3) is 3.74. The molecule has 0 aliphatic carbocycles. The number of amides is 1. The first kappa shape index (κ1) is 15.8. The van der Waals surface area contributed by atoms with Crippen LogP contribution in [0.1, 0.15) is 26.7 Å². The van der Waals surface area contributed by atoms with E-state index in [0.717, 1.165) is 25.9 Å². The van der Waals surface area contributed by atoms with Crippen LogP contribution in [-0.4, -0.2) is 42.6 Å². The van der Waals surface area contributed by atoms with Gasteiger partial charge in [-0.3, -0.25) is 9.69 Å². The molecular formula is C16H25N3O2. The number of anilines is 2. The molecule has 1 aliphatic rings. The molecule has 0 spiro atoms. The Bertz CT molecular complexity index is 506. The lowest BCUT2D eigenvalue weighted by molar-refractivity contribution is -0.124. The molecule has 2 rings (SSSR count). The lowest BCUT2D eigenvalue weighted by atomic mass is 9.93. The van der Waals surface area contributed by atoms with Crippen LogP contribution in [0.4, 0.5) is 11.4 Å². The molecule has 2 atom stereocenters. The Morgan fingerprint density at radius 3 is 2.86 bits per heavy atom. The molecule has 0 saturated carbocycles. The van der Waals surface area contributed by atoms with Crippen LogP contribution in [-0.2, 0) is 9.53 Å². The van der Waals surface area contributed by atoms with Gasteiger partial charge in [0, 0.05) is 13.7 Å². The quantitative estimate of drug-likeness (QED) is 0.834. The number of likely N-dealkylation sites (tertiary alicyclic amines) is 1. The number of carbonyl (C=O) groups is 1. The topological polar surface area (TPSA) is 67.6 Å². The summed E-state index contributed by atoms with van der Waals surface area (Å²) in [4.78, 5) is 14.6. The van der Waals surface area contributed by atoms with Gasteiger partial charge in [0.15, 0.2) is 0 Å². The first-order valence-electron chi connectivity index (χ1n) is 7.40. The average molecular weight is 291 g/mol. The smallest absolute Gasteiger partial charge is 0.241 e. The SMILES string of the molecule is COC1(C)CCCN(C(C)C(=O)Nc2ccccc2N)C1. The van der Waals surface area contributed by atoms with E-state index in [9.17, 15) is 4.79 Å². The van der Waals surface area contributed by atoms with Crippen molar-refractivity contribution in [2.24, 2.45) is 0 Å². The Labute approximate surface area is 126 Å². The molecule has 0 aromatic heterocycles. The fourth-order valence-electron chi connectivity index (χ4n) is 2.75. The number of nitrogens with zero attached hydrogens (tertiary/aromatic N) is 1.